The number of aromatic nitrogens is 1. The van der Waals surface area contributed by atoms with Crippen molar-refractivity contribution < 1.29 is 0 Å². The summed E-state index contributed by atoms with van der Waals surface area (Å²) >= 11 is 0. The van der Waals surface area contributed by atoms with Crippen molar-refractivity contribution in [2.24, 2.45) is 5.92 Å². The van der Waals surface area contributed by atoms with E-state index in [1.54, 1.807) is 0 Å². The SMILES string of the molecule is CC(C)(CNCCC1CCNC1)c1cccnc1. The average molecular weight is 247 g/mol. The first-order valence-corrected chi connectivity index (χ1v) is 7.00. The highest BCUT2D eigenvalue weighted by atomic mass is 14.9. The normalized spacial score (nSPS) is 20.2. The van der Waals surface area contributed by atoms with E-state index in [1.165, 1.54) is 31.5 Å². The Balaban J connectivity index is 1.71. The zero-order chi connectivity index (χ0) is 12.8. The third-order valence-corrected chi connectivity index (χ3v) is 3.90. The molecule has 0 saturated carbocycles. The van der Waals surface area contributed by atoms with Crippen LogP contribution in [0.15, 0.2) is 24.5 Å². The molecule has 1 unspecified atom stereocenters. The van der Waals surface area contributed by atoms with Crippen molar-refractivity contribution in [3.8, 4) is 0 Å². The summed E-state index contributed by atoms with van der Waals surface area (Å²) < 4.78 is 0. The molecule has 3 heteroatoms. The van der Waals surface area contributed by atoms with Gasteiger partial charge in [-0.05, 0) is 50.0 Å². The van der Waals surface area contributed by atoms with E-state index in [1.807, 2.05) is 18.5 Å². The minimum atomic E-state index is 0.155. The Bertz CT molecular complexity index is 342. The smallest absolute Gasteiger partial charge is 0.0305 e. The maximum absolute atomic E-state index is 4.21. The minimum Gasteiger partial charge on any atom is -0.316 e. The lowest BCUT2D eigenvalue weighted by molar-refractivity contribution is 0.437. The van der Waals surface area contributed by atoms with Crippen LogP contribution in [0.2, 0.25) is 0 Å². The van der Waals surface area contributed by atoms with Gasteiger partial charge in [-0.1, -0.05) is 19.9 Å². The number of hydrogen-bond donors (Lipinski definition) is 2. The third kappa shape index (κ3) is 3.79. The van der Waals surface area contributed by atoms with Gasteiger partial charge in [0.15, 0.2) is 0 Å². The molecule has 2 heterocycles. The highest BCUT2D eigenvalue weighted by Crippen LogP contribution is 2.21. The fraction of sp³-hybridized carbons (Fsp3) is 0.667. The predicted octanol–water partition coefficient (Wildman–Crippen LogP) is 1.95. The van der Waals surface area contributed by atoms with Gasteiger partial charge in [0, 0.05) is 24.4 Å². The second-order valence-corrected chi connectivity index (χ2v) is 5.95. The maximum atomic E-state index is 4.21. The van der Waals surface area contributed by atoms with Gasteiger partial charge in [0.1, 0.15) is 0 Å². The van der Waals surface area contributed by atoms with Gasteiger partial charge < -0.3 is 10.6 Å². The summed E-state index contributed by atoms with van der Waals surface area (Å²) in [6, 6.07) is 4.18. The lowest BCUT2D eigenvalue weighted by atomic mass is 9.85. The number of nitrogens with one attached hydrogen (secondary N) is 2. The fourth-order valence-corrected chi connectivity index (χ4v) is 2.53. The number of hydrogen-bond acceptors (Lipinski definition) is 3. The molecule has 1 atom stereocenters. The van der Waals surface area contributed by atoms with Crippen molar-refractivity contribution >= 4 is 0 Å². The quantitative estimate of drug-likeness (QED) is 0.754. The van der Waals surface area contributed by atoms with E-state index in [0.717, 1.165) is 19.0 Å². The molecule has 1 aromatic rings. The van der Waals surface area contributed by atoms with Gasteiger partial charge in [0.2, 0.25) is 0 Å². The standard InChI is InChI=1S/C15H25N3/c1-15(2,14-4-3-7-16-11-14)12-18-9-6-13-5-8-17-10-13/h3-4,7,11,13,17-18H,5-6,8-10,12H2,1-2H3. The van der Waals surface area contributed by atoms with Crippen molar-refractivity contribution in [1.29, 1.82) is 0 Å². The molecule has 3 nitrogen and oxygen atoms in total. The van der Waals surface area contributed by atoms with Gasteiger partial charge in [0.05, 0.1) is 0 Å². The van der Waals surface area contributed by atoms with Gasteiger partial charge in [-0.2, -0.15) is 0 Å². The van der Waals surface area contributed by atoms with Gasteiger partial charge in [-0.15, -0.1) is 0 Å². The number of pyridine rings is 1. The van der Waals surface area contributed by atoms with Crippen LogP contribution in [0.1, 0.15) is 32.3 Å². The van der Waals surface area contributed by atoms with Crippen LogP contribution in [0.25, 0.3) is 0 Å². The monoisotopic (exact) mass is 247 g/mol. The van der Waals surface area contributed by atoms with Crippen molar-refractivity contribution in [2.45, 2.75) is 32.1 Å². The molecule has 18 heavy (non-hydrogen) atoms. The summed E-state index contributed by atoms with van der Waals surface area (Å²) in [6.07, 6.45) is 6.44. The van der Waals surface area contributed by atoms with E-state index < -0.39 is 0 Å². The Kier molecular flexibility index (Phi) is 4.72. The summed E-state index contributed by atoms with van der Waals surface area (Å²) in [4.78, 5) is 4.21. The topological polar surface area (TPSA) is 37.0 Å². The van der Waals surface area contributed by atoms with E-state index in [4.69, 9.17) is 0 Å². The predicted molar refractivity (Wildman–Crippen MR) is 75.7 cm³/mol. The van der Waals surface area contributed by atoms with E-state index in [9.17, 15) is 0 Å². The zero-order valence-electron chi connectivity index (χ0n) is 11.6. The molecule has 0 radical (unpaired) electrons. The van der Waals surface area contributed by atoms with Crippen LogP contribution in [-0.4, -0.2) is 31.2 Å². The summed E-state index contributed by atoms with van der Waals surface area (Å²) in [5.74, 6) is 0.874. The van der Waals surface area contributed by atoms with Crippen molar-refractivity contribution in [1.82, 2.24) is 15.6 Å². The molecule has 1 saturated heterocycles. The van der Waals surface area contributed by atoms with Gasteiger partial charge >= 0.3 is 0 Å². The molecule has 0 aliphatic carbocycles. The molecule has 0 bridgehead atoms. The van der Waals surface area contributed by atoms with Crippen molar-refractivity contribution in [3.63, 3.8) is 0 Å². The largest absolute Gasteiger partial charge is 0.316 e. The molecular formula is C15H25N3. The number of nitrogens with zero attached hydrogens (tertiary/aromatic N) is 1. The van der Waals surface area contributed by atoms with E-state index in [-0.39, 0.29) is 5.41 Å². The molecule has 2 N–H and O–H groups in total. The van der Waals surface area contributed by atoms with Crippen LogP contribution in [0.3, 0.4) is 0 Å². The summed E-state index contributed by atoms with van der Waals surface area (Å²) in [7, 11) is 0. The Labute approximate surface area is 110 Å². The first kappa shape index (κ1) is 13.5. The van der Waals surface area contributed by atoms with E-state index in [0.29, 0.717) is 0 Å². The Morgan fingerprint density at radius 2 is 2.39 bits per heavy atom. The summed E-state index contributed by atoms with van der Waals surface area (Å²) in [6.45, 7) is 9.08. The van der Waals surface area contributed by atoms with Crippen LogP contribution in [0.5, 0.6) is 0 Å². The minimum absolute atomic E-state index is 0.155. The lowest BCUT2D eigenvalue weighted by Gasteiger charge is -2.25. The zero-order valence-corrected chi connectivity index (χ0v) is 11.6. The molecule has 0 spiro atoms. The Hall–Kier alpha value is -0.930. The van der Waals surface area contributed by atoms with Crippen molar-refractivity contribution in [2.75, 3.05) is 26.2 Å². The number of rotatable bonds is 6. The Morgan fingerprint density at radius 1 is 1.50 bits per heavy atom. The lowest BCUT2D eigenvalue weighted by Crippen LogP contribution is -2.34. The van der Waals surface area contributed by atoms with Crippen LogP contribution in [0, 0.1) is 5.92 Å². The van der Waals surface area contributed by atoms with Crippen LogP contribution in [0.4, 0.5) is 0 Å². The molecule has 1 aliphatic rings. The third-order valence-electron chi connectivity index (χ3n) is 3.90. The Morgan fingerprint density at radius 3 is 3.06 bits per heavy atom. The first-order valence-electron chi connectivity index (χ1n) is 7.00. The van der Waals surface area contributed by atoms with E-state index in [2.05, 4.69) is 35.5 Å². The average Bonchev–Trinajstić information content (AvgIpc) is 2.89. The maximum Gasteiger partial charge on any atom is 0.0305 e. The van der Waals surface area contributed by atoms with Gasteiger partial charge in [-0.3, -0.25) is 4.98 Å². The highest BCUT2D eigenvalue weighted by molar-refractivity contribution is 5.19. The second kappa shape index (κ2) is 6.30. The molecule has 1 fully saturated rings. The van der Waals surface area contributed by atoms with Gasteiger partial charge in [0.25, 0.3) is 0 Å². The molecule has 100 valence electrons. The van der Waals surface area contributed by atoms with Crippen molar-refractivity contribution in [3.05, 3.63) is 30.1 Å². The highest BCUT2D eigenvalue weighted by Gasteiger charge is 2.20. The molecule has 1 aromatic heterocycles. The molecule has 0 amide bonds. The van der Waals surface area contributed by atoms with Crippen LogP contribution in [-0.2, 0) is 5.41 Å². The van der Waals surface area contributed by atoms with Crippen LogP contribution >= 0.6 is 0 Å². The second-order valence-electron chi connectivity index (χ2n) is 5.95. The molecule has 1 aliphatic heterocycles. The molecule has 0 aromatic carbocycles. The molecule has 2 rings (SSSR count). The fourth-order valence-electron chi connectivity index (χ4n) is 2.53. The first-order chi connectivity index (χ1) is 8.68. The molecular weight excluding hydrogens is 222 g/mol. The summed E-state index contributed by atoms with van der Waals surface area (Å²) in [5, 5.41) is 7.01. The van der Waals surface area contributed by atoms with Gasteiger partial charge in [-0.25, -0.2) is 0 Å². The van der Waals surface area contributed by atoms with Crippen LogP contribution < -0.4 is 10.6 Å². The van der Waals surface area contributed by atoms with E-state index >= 15 is 0 Å². The summed E-state index contributed by atoms with van der Waals surface area (Å²) in [5.41, 5.74) is 1.46.